The highest BCUT2D eigenvalue weighted by atomic mass is 32.2. The lowest BCUT2D eigenvalue weighted by Crippen LogP contribution is -2.03. The number of carbonyl (C=O) groups excluding carboxylic acids is 2. The number of Topliss-reactive ketones (excluding diaryl/α,β-unsaturated/α-hetero) is 1. The SMILES string of the molecule is COc1ccc(/C=C2\SC(=O)C(C(C)=O)=C2O)cc1. The number of hydrogen-bond donors (Lipinski definition) is 1. The second kappa shape index (κ2) is 5.32. The smallest absolute Gasteiger partial charge is 0.231 e. The molecule has 1 aliphatic heterocycles. The first-order chi connectivity index (χ1) is 9.02. The summed E-state index contributed by atoms with van der Waals surface area (Å²) >= 11 is 0.861. The number of ether oxygens (including phenoxy) is 1. The molecule has 98 valence electrons. The molecule has 1 aliphatic rings. The van der Waals surface area contributed by atoms with E-state index >= 15 is 0 Å². The predicted octanol–water partition coefficient (Wildman–Crippen LogP) is 2.71. The van der Waals surface area contributed by atoms with Crippen LogP contribution in [0, 0.1) is 0 Å². The molecule has 19 heavy (non-hydrogen) atoms. The van der Waals surface area contributed by atoms with Gasteiger partial charge in [0.05, 0.1) is 12.0 Å². The molecule has 0 radical (unpaired) electrons. The molecular weight excluding hydrogens is 264 g/mol. The summed E-state index contributed by atoms with van der Waals surface area (Å²) in [6.45, 7) is 1.26. The Morgan fingerprint density at radius 2 is 1.95 bits per heavy atom. The van der Waals surface area contributed by atoms with Crippen LogP contribution >= 0.6 is 11.8 Å². The van der Waals surface area contributed by atoms with E-state index in [-0.39, 0.29) is 11.3 Å². The van der Waals surface area contributed by atoms with Gasteiger partial charge in [-0.15, -0.1) is 0 Å². The standard InChI is InChI=1S/C14H12O4S/c1-8(15)12-13(16)11(19-14(12)17)7-9-3-5-10(18-2)6-4-9/h3-7,16H,1-2H3/b11-7-. The molecule has 1 aromatic rings. The minimum Gasteiger partial charge on any atom is -0.506 e. The van der Waals surface area contributed by atoms with Crippen molar-refractivity contribution in [3.05, 3.63) is 46.1 Å². The molecular formula is C14H12O4S. The molecule has 0 saturated carbocycles. The van der Waals surface area contributed by atoms with Crippen molar-refractivity contribution >= 4 is 28.7 Å². The number of methoxy groups -OCH3 is 1. The highest BCUT2D eigenvalue weighted by Gasteiger charge is 2.31. The minimum absolute atomic E-state index is 0.134. The third-order valence-electron chi connectivity index (χ3n) is 2.64. The Hall–Kier alpha value is -2.01. The van der Waals surface area contributed by atoms with Gasteiger partial charge in [0.2, 0.25) is 5.12 Å². The van der Waals surface area contributed by atoms with E-state index in [1.807, 2.05) is 0 Å². The Bertz CT molecular complexity index is 596. The van der Waals surface area contributed by atoms with E-state index in [4.69, 9.17) is 4.74 Å². The number of thioether (sulfide) groups is 1. The molecule has 1 aromatic carbocycles. The fraction of sp³-hybridized carbons (Fsp3) is 0.143. The van der Waals surface area contributed by atoms with Crippen molar-refractivity contribution < 1.29 is 19.4 Å². The Labute approximate surface area is 114 Å². The minimum atomic E-state index is -0.423. The highest BCUT2D eigenvalue weighted by Crippen LogP contribution is 2.37. The van der Waals surface area contributed by atoms with Crippen LogP contribution in [-0.4, -0.2) is 23.1 Å². The second-order valence-electron chi connectivity index (χ2n) is 3.95. The van der Waals surface area contributed by atoms with Gasteiger partial charge in [-0.3, -0.25) is 9.59 Å². The second-order valence-corrected chi connectivity index (χ2v) is 4.97. The zero-order valence-corrected chi connectivity index (χ0v) is 11.3. The maximum atomic E-state index is 11.6. The Morgan fingerprint density at radius 3 is 2.42 bits per heavy atom. The first-order valence-electron chi connectivity index (χ1n) is 5.55. The molecule has 4 nitrogen and oxygen atoms in total. The summed E-state index contributed by atoms with van der Waals surface area (Å²) in [7, 11) is 1.58. The van der Waals surface area contributed by atoms with E-state index in [0.29, 0.717) is 4.91 Å². The molecule has 0 saturated heterocycles. The number of carbonyl (C=O) groups is 2. The zero-order valence-electron chi connectivity index (χ0n) is 10.5. The van der Waals surface area contributed by atoms with Crippen molar-refractivity contribution in [2.75, 3.05) is 7.11 Å². The predicted molar refractivity (Wildman–Crippen MR) is 73.9 cm³/mol. The van der Waals surface area contributed by atoms with Gasteiger partial charge < -0.3 is 9.84 Å². The summed E-state index contributed by atoms with van der Waals surface area (Å²) in [5, 5.41) is 9.46. The molecule has 0 fully saturated rings. The quantitative estimate of drug-likeness (QED) is 0.860. The lowest BCUT2D eigenvalue weighted by Gasteiger charge is -2.00. The molecule has 0 spiro atoms. The van der Waals surface area contributed by atoms with Gasteiger partial charge in [-0.1, -0.05) is 12.1 Å². The first kappa shape index (κ1) is 13.4. The van der Waals surface area contributed by atoms with Gasteiger partial charge in [-0.2, -0.15) is 0 Å². The fourth-order valence-corrected chi connectivity index (χ4v) is 2.61. The number of aliphatic hydroxyl groups excluding tert-OH is 1. The van der Waals surface area contributed by atoms with Crippen molar-refractivity contribution in [2.45, 2.75) is 6.92 Å². The lowest BCUT2D eigenvalue weighted by atomic mass is 10.1. The Balaban J connectivity index is 2.34. The van der Waals surface area contributed by atoms with E-state index < -0.39 is 10.9 Å². The topological polar surface area (TPSA) is 63.6 Å². The summed E-state index contributed by atoms with van der Waals surface area (Å²) in [6.07, 6.45) is 1.66. The van der Waals surface area contributed by atoms with E-state index in [9.17, 15) is 14.7 Å². The molecule has 0 amide bonds. The summed E-state index contributed by atoms with van der Waals surface area (Å²) in [5.41, 5.74) is 0.678. The van der Waals surface area contributed by atoms with Gasteiger partial charge in [0, 0.05) is 0 Å². The molecule has 0 aromatic heterocycles. The Morgan fingerprint density at radius 1 is 1.32 bits per heavy atom. The van der Waals surface area contributed by atoms with Gasteiger partial charge in [-0.05, 0) is 42.5 Å². The lowest BCUT2D eigenvalue weighted by molar-refractivity contribution is -0.116. The van der Waals surface area contributed by atoms with E-state index in [0.717, 1.165) is 23.1 Å². The van der Waals surface area contributed by atoms with Crippen LogP contribution in [0.1, 0.15) is 12.5 Å². The van der Waals surface area contributed by atoms with Crippen LogP contribution in [0.25, 0.3) is 6.08 Å². The van der Waals surface area contributed by atoms with Crippen LogP contribution < -0.4 is 4.74 Å². The van der Waals surface area contributed by atoms with Crippen molar-refractivity contribution in [1.82, 2.24) is 0 Å². The van der Waals surface area contributed by atoms with Crippen LogP contribution in [-0.2, 0) is 9.59 Å². The number of hydrogen-bond acceptors (Lipinski definition) is 5. The van der Waals surface area contributed by atoms with Crippen LogP contribution in [0.3, 0.4) is 0 Å². The molecule has 0 aliphatic carbocycles. The summed E-state index contributed by atoms with van der Waals surface area (Å²) in [4.78, 5) is 23.2. The molecule has 5 heteroatoms. The van der Waals surface area contributed by atoms with Crippen LogP contribution in [0.4, 0.5) is 0 Å². The zero-order chi connectivity index (χ0) is 14.0. The number of ketones is 1. The van der Waals surface area contributed by atoms with Gasteiger partial charge in [0.15, 0.2) is 5.78 Å². The van der Waals surface area contributed by atoms with E-state index in [1.165, 1.54) is 6.92 Å². The number of rotatable bonds is 3. The molecule has 2 rings (SSSR count). The number of aliphatic hydroxyl groups is 1. The van der Waals surface area contributed by atoms with Gasteiger partial charge in [0.25, 0.3) is 0 Å². The van der Waals surface area contributed by atoms with E-state index in [2.05, 4.69) is 0 Å². The monoisotopic (exact) mass is 276 g/mol. The first-order valence-corrected chi connectivity index (χ1v) is 6.37. The van der Waals surface area contributed by atoms with Crippen LogP contribution in [0.2, 0.25) is 0 Å². The van der Waals surface area contributed by atoms with Crippen LogP contribution in [0.15, 0.2) is 40.5 Å². The summed E-state index contributed by atoms with van der Waals surface area (Å²) < 4.78 is 5.04. The van der Waals surface area contributed by atoms with E-state index in [1.54, 1.807) is 37.5 Å². The summed E-state index contributed by atoms with van der Waals surface area (Å²) in [6, 6.07) is 7.16. The maximum Gasteiger partial charge on any atom is 0.231 e. The summed E-state index contributed by atoms with van der Waals surface area (Å²) in [5.74, 6) is 0.0629. The molecule has 1 N–H and O–H groups in total. The third-order valence-corrected chi connectivity index (χ3v) is 3.56. The van der Waals surface area contributed by atoms with Crippen molar-refractivity contribution in [1.29, 1.82) is 0 Å². The van der Waals surface area contributed by atoms with Gasteiger partial charge in [-0.25, -0.2) is 0 Å². The normalized spacial score (nSPS) is 17.2. The third kappa shape index (κ3) is 2.71. The van der Waals surface area contributed by atoms with Crippen LogP contribution in [0.5, 0.6) is 5.75 Å². The van der Waals surface area contributed by atoms with Gasteiger partial charge in [0.1, 0.15) is 17.1 Å². The highest BCUT2D eigenvalue weighted by molar-refractivity contribution is 8.18. The molecule has 1 heterocycles. The van der Waals surface area contributed by atoms with Crippen molar-refractivity contribution in [3.8, 4) is 5.75 Å². The fourth-order valence-electron chi connectivity index (χ4n) is 1.68. The Kier molecular flexibility index (Phi) is 3.76. The molecule has 0 atom stereocenters. The maximum absolute atomic E-state index is 11.6. The average Bonchev–Trinajstić information content (AvgIpc) is 2.65. The van der Waals surface area contributed by atoms with Gasteiger partial charge >= 0.3 is 0 Å². The molecule has 0 unspecified atom stereocenters. The number of benzene rings is 1. The largest absolute Gasteiger partial charge is 0.506 e. The van der Waals surface area contributed by atoms with Crippen molar-refractivity contribution in [3.63, 3.8) is 0 Å². The average molecular weight is 276 g/mol. The van der Waals surface area contributed by atoms with Crippen molar-refractivity contribution in [2.24, 2.45) is 0 Å². The molecule has 0 bridgehead atoms.